The van der Waals surface area contributed by atoms with E-state index in [1.54, 1.807) is 18.2 Å². The Kier molecular flexibility index (Phi) is 2.97. The summed E-state index contributed by atoms with van der Waals surface area (Å²) >= 11 is 0. The number of nitrogens with two attached hydrogens (primary N) is 1. The molecule has 0 bridgehead atoms. The van der Waals surface area contributed by atoms with Gasteiger partial charge in [0.1, 0.15) is 0 Å². The van der Waals surface area contributed by atoms with Crippen molar-refractivity contribution in [3.8, 4) is 6.07 Å². The van der Waals surface area contributed by atoms with E-state index in [2.05, 4.69) is 0 Å². The van der Waals surface area contributed by atoms with Crippen LogP contribution in [0.25, 0.3) is 0 Å². The van der Waals surface area contributed by atoms with Crippen LogP contribution in [0.1, 0.15) is 27.1 Å². The van der Waals surface area contributed by atoms with Gasteiger partial charge in [-0.3, -0.25) is 9.59 Å². The lowest BCUT2D eigenvalue weighted by molar-refractivity contribution is 0.0966. The molecule has 0 heterocycles. The molecular formula is C10H8N2O2. The maximum absolute atomic E-state index is 11.3. The zero-order valence-corrected chi connectivity index (χ0v) is 7.36. The average molecular weight is 188 g/mol. The van der Waals surface area contributed by atoms with Crippen molar-refractivity contribution in [3.05, 3.63) is 35.4 Å². The van der Waals surface area contributed by atoms with Gasteiger partial charge in [0, 0.05) is 11.1 Å². The van der Waals surface area contributed by atoms with Crippen molar-refractivity contribution in [2.24, 2.45) is 5.73 Å². The summed E-state index contributed by atoms with van der Waals surface area (Å²) in [6, 6.07) is 7.92. The summed E-state index contributed by atoms with van der Waals surface area (Å²) in [5.74, 6) is -1.05. The number of nitriles is 1. The minimum Gasteiger partial charge on any atom is -0.366 e. The Morgan fingerprint density at radius 1 is 1.29 bits per heavy atom. The molecule has 0 aliphatic rings. The van der Waals surface area contributed by atoms with Gasteiger partial charge in [0.15, 0.2) is 5.78 Å². The summed E-state index contributed by atoms with van der Waals surface area (Å²) in [4.78, 5) is 22.3. The number of carbonyl (C=O) groups excluding carboxylic acids is 2. The lowest BCUT2D eigenvalue weighted by Crippen LogP contribution is -2.15. The van der Waals surface area contributed by atoms with Crippen LogP contribution in [0.3, 0.4) is 0 Å². The summed E-state index contributed by atoms with van der Waals surface area (Å²) in [6.07, 6.45) is -0.246. The second kappa shape index (κ2) is 4.19. The van der Waals surface area contributed by atoms with Crippen molar-refractivity contribution in [1.82, 2.24) is 0 Å². The number of amides is 1. The van der Waals surface area contributed by atoms with Gasteiger partial charge in [-0.25, -0.2) is 0 Å². The van der Waals surface area contributed by atoms with Gasteiger partial charge in [-0.05, 0) is 6.07 Å². The van der Waals surface area contributed by atoms with Gasteiger partial charge in [-0.1, -0.05) is 18.2 Å². The van der Waals surface area contributed by atoms with Gasteiger partial charge in [0.25, 0.3) is 0 Å². The number of carbonyl (C=O) groups is 2. The fourth-order valence-electron chi connectivity index (χ4n) is 1.11. The first-order valence-corrected chi connectivity index (χ1v) is 3.95. The highest BCUT2D eigenvalue weighted by Crippen LogP contribution is 2.10. The van der Waals surface area contributed by atoms with E-state index in [1.165, 1.54) is 12.1 Å². The van der Waals surface area contributed by atoms with E-state index in [9.17, 15) is 9.59 Å². The molecule has 0 radical (unpaired) electrons. The number of ketones is 1. The fraction of sp³-hybridized carbons (Fsp3) is 0.100. The third-order valence-corrected chi connectivity index (χ3v) is 1.73. The van der Waals surface area contributed by atoms with Crippen molar-refractivity contribution in [3.63, 3.8) is 0 Å². The van der Waals surface area contributed by atoms with Crippen LogP contribution in [0.2, 0.25) is 0 Å². The summed E-state index contributed by atoms with van der Waals surface area (Å²) in [7, 11) is 0. The Morgan fingerprint density at radius 3 is 2.36 bits per heavy atom. The molecular weight excluding hydrogens is 180 g/mol. The molecule has 0 aliphatic heterocycles. The van der Waals surface area contributed by atoms with Crippen LogP contribution < -0.4 is 5.73 Å². The Labute approximate surface area is 80.9 Å². The highest BCUT2D eigenvalue weighted by Gasteiger charge is 2.13. The fourth-order valence-corrected chi connectivity index (χ4v) is 1.11. The second-order valence-corrected chi connectivity index (χ2v) is 2.67. The molecule has 1 rings (SSSR count). The lowest BCUT2D eigenvalue weighted by Gasteiger charge is -2.01. The molecule has 14 heavy (non-hydrogen) atoms. The van der Waals surface area contributed by atoms with Crippen molar-refractivity contribution in [2.45, 2.75) is 6.42 Å². The molecule has 0 aliphatic carbocycles. The number of hydrogen-bond donors (Lipinski definition) is 1. The highest BCUT2D eigenvalue weighted by atomic mass is 16.1. The zero-order valence-electron chi connectivity index (χ0n) is 7.36. The molecule has 2 N–H and O–H groups in total. The lowest BCUT2D eigenvalue weighted by atomic mass is 10.0. The molecule has 1 amide bonds. The first-order valence-electron chi connectivity index (χ1n) is 3.95. The Hall–Kier alpha value is -2.15. The first kappa shape index (κ1) is 9.93. The normalized spacial score (nSPS) is 9.07. The van der Waals surface area contributed by atoms with Crippen LogP contribution in [0.4, 0.5) is 0 Å². The van der Waals surface area contributed by atoms with E-state index < -0.39 is 5.91 Å². The van der Waals surface area contributed by atoms with Crippen LogP contribution in [0.5, 0.6) is 0 Å². The summed E-state index contributed by atoms with van der Waals surface area (Å²) < 4.78 is 0. The van der Waals surface area contributed by atoms with E-state index in [0.717, 1.165) is 0 Å². The molecule has 0 atom stereocenters. The number of nitrogens with zero attached hydrogens (tertiary/aromatic N) is 1. The minimum absolute atomic E-state index is 0.160. The van der Waals surface area contributed by atoms with Crippen LogP contribution in [-0.2, 0) is 0 Å². The molecule has 0 saturated carbocycles. The molecule has 1 aromatic rings. The summed E-state index contributed by atoms with van der Waals surface area (Å²) in [6.45, 7) is 0. The van der Waals surface area contributed by atoms with Crippen molar-refractivity contribution in [2.75, 3.05) is 0 Å². The SMILES string of the molecule is N#CCC(=O)c1ccccc1C(N)=O. The molecule has 4 nitrogen and oxygen atoms in total. The molecule has 70 valence electrons. The number of rotatable bonds is 3. The molecule has 4 heteroatoms. The number of primary amides is 1. The highest BCUT2D eigenvalue weighted by molar-refractivity contribution is 6.08. The predicted octanol–water partition coefficient (Wildman–Crippen LogP) is 0.882. The molecule has 0 spiro atoms. The molecule has 0 unspecified atom stereocenters. The third-order valence-electron chi connectivity index (χ3n) is 1.73. The number of hydrogen-bond acceptors (Lipinski definition) is 3. The maximum Gasteiger partial charge on any atom is 0.249 e. The Bertz CT molecular complexity index is 418. The molecule has 1 aromatic carbocycles. The zero-order chi connectivity index (χ0) is 10.6. The van der Waals surface area contributed by atoms with Crippen LogP contribution in [-0.4, -0.2) is 11.7 Å². The standard InChI is InChI=1S/C10H8N2O2/c11-6-5-9(13)7-3-1-2-4-8(7)10(12)14/h1-4H,5H2,(H2,12,14). The predicted molar refractivity (Wildman–Crippen MR) is 49.5 cm³/mol. The van der Waals surface area contributed by atoms with Gasteiger partial charge < -0.3 is 5.73 Å². The van der Waals surface area contributed by atoms with Crippen molar-refractivity contribution < 1.29 is 9.59 Å². The first-order chi connectivity index (χ1) is 6.66. The van der Waals surface area contributed by atoms with Crippen molar-refractivity contribution in [1.29, 1.82) is 5.26 Å². The second-order valence-electron chi connectivity index (χ2n) is 2.67. The van der Waals surface area contributed by atoms with E-state index in [1.807, 2.05) is 0 Å². The number of Topliss-reactive ketones (excluding diaryl/α,β-unsaturated/α-hetero) is 1. The molecule has 0 saturated heterocycles. The van der Waals surface area contributed by atoms with E-state index >= 15 is 0 Å². The van der Waals surface area contributed by atoms with E-state index in [-0.39, 0.29) is 23.3 Å². The Morgan fingerprint density at radius 2 is 1.86 bits per heavy atom. The number of benzene rings is 1. The quantitative estimate of drug-likeness (QED) is 0.714. The molecule has 0 aromatic heterocycles. The smallest absolute Gasteiger partial charge is 0.249 e. The van der Waals surface area contributed by atoms with Crippen LogP contribution in [0, 0.1) is 11.3 Å². The van der Waals surface area contributed by atoms with Crippen LogP contribution >= 0.6 is 0 Å². The van der Waals surface area contributed by atoms with Gasteiger partial charge in [-0.15, -0.1) is 0 Å². The van der Waals surface area contributed by atoms with Crippen molar-refractivity contribution >= 4 is 11.7 Å². The topological polar surface area (TPSA) is 83.9 Å². The monoisotopic (exact) mass is 188 g/mol. The van der Waals surface area contributed by atoms with E-state index in [4.69, 9.17) is 11.0 Å². The van der Waals surface area contributed by atoms with Crippen LogP contribution in [0.15, 0.2) is 24.3 Å². The molecule has 0 fully saturated rings. The largest absolute Gasteiger partial charge is 0.366 e. The average Bonchev–Trinajstić information content (AvgIpc) is 2.18. The third kappa shape index (κ3) is 1.96. The summed E-state index contributed by atoms with van der Waals surface area (Å²) in [5.41, 5.74) is 5.44. The minimum atomic E-state index is -0.660. The van der Waals surface area contributed by atoms with Gasteiger partial charge in [-0.2, -0.15) is 5.26 Å². The Balaban J connectivity index is 3.15. The van der Waals surface area contributed by atoms with Gasteiger partial charge in [0.05, 0.1) is 12.5 Å². The van der Waals surface area contributed by atoms with Gasteiger partial charge >= 0.3 is 0 Å². The maximum atomic E-state index is 11.3. The summed E-state index contributed by atoms with van der Waals surface area (Å²) in [5, 5.41) is 8.34. The van der Waals surface area contributed by atoms with Gasteiger partial charge in [0.2, 0.25) is 5.91 Å². The van der Waals surface area contributed by atoms with E-state index in [0.29, 0.717) is 0 Å².